The van der Waals surface area contributed by atoms with Crippen LogP contribution < -0.4 is 11.2 Å². The molecule has 1 aromatic rings. The number of halogens is 1. The molecule has 5 nitrogen and oxygen atoms in total. The molecule has 0 radical (unpaired) electrons. The number of nitrogens with zero attached hydrogens (tertiary/aromatic N) is 1. The first kappa shape index (κ1) is 14.9. The molecular weight excluding hydrogens is 294 g/mol. The fourth-order valence-electron chi connectivity index (χ4n) is 1.18. The van der Waals surface area contributed by atoms with E-state index in [0.717, 1.165) is 0 Å². The predicted molar refractivity (Wildman–Crippen MR) is 76.5 cm³/mol. The van der Waals surface area contributed by atoms with Crippen molar-refractivity contribution in [3.8, 4) is 0 Å². The Kier molecular flexibility index (Phi) is 5.06. The Morgan fingerprint density at radius 3 is 2.50 bits per heavy atom. The van der Waals surface area contributed by atoms with Crippen LogP contribution in [-0.4, -0.2) is 25.0 Å². The minimum Gasteiger partial charge on any atom is -0.375 e. The highest BCUT2D eigenvalue weighted by Gasteiger charge is 2.15. The van der Waals surface area contributed by atoms with Gasteiger partial charge in [-0.1, -0.05) is 11.6 Å². The van der Waals surface area contributed by atoms with Crippen LogP contribution in [0.4, 0.5) is 0 Å². The molecule has 0 unspecified atom stereocenters. The highest BCUT2D eigenvalue weighted by Crippen LogP contribution is 2.15. The van der Waals surface area contributed by atoms with Gasteiger partial charge in [-0.05, 0) is 43.4 Å². The number of rotatable bonds is 4. The van der Waals surface area contributed by atoms with Crippen LogP contribution >= 0.6 is 23.8 Å². The summed E-state index contributed by atoms with van der Waals surface area (Å²) >= 11 is 10.3. The molecule has 0 saturated carbocycles. The first-order valence-corrected chi connectivity index (χ1v) is 7.32. The van der Waals surface area contributed by atoms with Gasteiger partial charge in [0, 0.05) is 5.02 Å². The molecule has 0 spiro atoms. The van der Waals surface area contributed by atoms with Gasteiger partial charge < -0.3 is 5.73 Å². The van der Waals surface area contributed by atoms with E-state index >= 15 is 0 Å². The Labute approximate surface area is 116 Å². The average molecular weight is 306 g/mol. The van der Waals surface area contributed by atoms with Crippen molar-refractivity contribution < 1.29 is 8.42 Å². The maximum Gasteiger partial charge on any atom is 0.184 e. The Hall–Kier alpha value is -1.18. The Bertz CT molecular complexity index is 567. The van der Waals surface area contributed by atoms with Crippen LogP contribution in [0.15, 0.2) is 34.3 Å². The van der Waals surface area contributed by atoms with Crippen molar-refractivity contribution in [2.45, 2.75) is 11.8 Å². The molecule has 98 valence electrons. The van der Waals surface area contributed by atoms with Crippen molar-refractivity contribution in [3.63, 3.8) is 0 Å². The zero-order valence-corrected chi connectivity index (χ0v) is 11.9. The molecule has 0 aromatic heterocycles. The van der Waals surface area contributed by atoms with E-state index in [1.807, 2.05) is 0 Å². The molecule has 18 heavy (non-hydrogen) atoms. The largest absolute Gasteiger partial charge is 0.375 e. The number of thiocarbonyl (C=S) groups is 1. The fourth-order valence-corrected chi connectivity index (χ4v) is 2.69. The second-order valence-electron chi connectivity index (χ2n) is 3.54. The van der Waals surface area contributed by atoms with E-state index in [-0.39, 0.29) is 15.8 Å². The normalized spacial score (nSPS) is 12.2. The third-order valence-electron chi connectivity index (χ3n) is 1.93. The van der Waals surface area contributed by atoms with E-state index in [4.69, 9.17) is 17.3 Å². The maximum atomic E-state index is 12.0. The van der Waals surface area contributed by atoms with E-state index in [1.165, 1.54) is 24.3 Å². The second-order valence-corrected chi connectivity index (χ2v) is 6.40. The molecule has 0 aliphatic carbocycles. The summed E-state index contributed by atoms with van der Waals surface area (Å²) in [6.07, 6.45) is 0. The molecule has 0 amide bonds. The van der Waals surface area contributed by atoms with Gasteiger partial charge >= 0.3 is 0 Å². The molecule has 0 heterocycles. The highest BCUT2D eigenvalue weighted by atomic mass is 35.5. The van der Waals surface area contributed by atoms with Crippen molar-refractivity contribution in [2.24, 2.45) is 10.8 Å². The topological polar surface area (TPSA) is 84.5 Å². The number of hydrogen-bond acceptors (Lipinski definition) is 4. The second kappa shape index (κ2) is 6.12. The Morgan fingerprint density at radius 2 is 2.00 bits per heavy atom. The first-order chi connectivity index (χ1) is 8.31. The van der Waals surface area contributed by atoms with E-state index in [0.29, 0.717) is 10.7 Å². The average Bonchev–Trinajstić information content (AvgIpc) is 2.26. The minimum absolute atomic E-state index is 0.0155. The lowest BCUT2D eigenvalue weighted by Gasteiger charge is -2.04. The van der Waals surface area contributed by atoms with Gasteiger partial charge in [0.05, 0.1) is 16.4 Å². The van der Waals surface area contributed by atoms with Crippen molar-refractivity contribution in [1.82, 2.24) is 5.43 Å². The molecule has 0 aliphatic heterocycles. The van der Waals surface area contributed by atoms with Gasteiger partial charge in [-0.3, -0.25) is 5.43 Å². The summed E-state index contributed by atoms with van der Waals surface area (Å²) in [5.74, 6) is -0.218. The lowest BCUT2D eigenvalue weighted by atomic mass is 10.4. The third kappa shape index (κ3) is 4.59. The summed E-state index contributed by atoms with van der Waals surface area (Å²) in [5, 5.41) is 4.21. The molecule has 1 rings (SSSR count). The predicted octanol–water partition coefficient (Wildman–Crippen LogP) is 1.32. The van der Waals surface area contributed by atoms with E-state index in [9.17, 15) is 8.42 Å². The summed E-state index contributed by atoms with van der Waals surface area (Å²) in [5.41, 5.74) is 7.88. The Balaban J connectivity index is 2.85. The standard InChI is InChI=1S/C10H12ClN3O2S2/c1-7(13-14-10(12)17)6-18(15,16)9-4-2-8(11)3-5-9/h2-5H,6H2,1H3,(H3,12,14,17). The minimum atomic E-state index is -3.44. The van der Waals surface area contributed by atoms with Crippen LogP contribution in [0.3, 0.4) is 0 Å². The molecule has 0 bridgehead atoms. The van der Waals surface area contributed by atoms with E-state index in [1.54, 1.807) is 6.92 Å². The molecule has 0 fully saturated rings. The monoisotopic (exact) mass is 305 g/mol. The SMILES string of the molecule is CC(CS(=O)(=O)c1ccc(Cl)cc1)=NNC(N)=S. The number of nitrogens with two attached hydrogens (primary N) is 1. The lowest BCUT2D eigenvalue weighted by Crippen LogP contribution is -2.26. The van der Waals surface area contributed by atoms with Crippen molar-refractivity contribution in [2.75, 3.05) is 5.75 Å². The van der Waals surface area contributed by atoms with Crippen LogP contribution in [0.5, 0.6) is 0 Å². The molecule has 8 heteroatoms. The van der Waals surface area contributed by atoms with Crippen LogP contribution in [0.2, 0.25) is 5.02 Å². The van der Waals surface area contributed by atoms with Crippen LogP contribution in [0.25, 0.3) is 0 Å². The van der Waals surface area contributed by atoms with E-state index < -0.39 is 9.84 Å². The summed E-state index contributed by atoms with van der Waals surface area (Å²) in [7, 11) is -3.44. The van der Waals surface area contributed by atoms with Gasteiger partial charge in [-0.2, -0.15) is 5.10 Å². The van der Waals surface area contributed by atoms with Crippen molar-refractivity contribution >= 4 is 44.5 Å². The van der Waals surface area contributed by atoms with Gasteiger partial charge in [0.1, 0.15) is 0 Å². The van der Waals surface area contributed by atoms with Crippen molar-refractivity contribution in [1.29, 1.82) is 0 Å². The fraction of sp³-hybridized carbons (Fsp3) is 0.200. The van der Waals surface area contributed by atoms with E-state index in [2.05, 4.69) is 22.7 Å². The summed E-state index contributed by atoms with van der Waals surface area (Å²) in [6, 6.07) is 5.94. The van der Waals surface area contributed by atoms with Crippen LogP contribution in [0, 0.1) is 0 Å². The van der Waals surface area contributed by atoms with Gasteiger partial charge in [-0.15, -0.1) is 0 Å². The third-order valence-corrected chi connectivity index (χ3v) is 4.06. The number of hydrogen-bond donors (Lipinski definition) is 2. The van der Waals surface area contributed by atoms with Gasteiger partial charge in [0.15, 0.2) is 14.9 Å². The quantitative estimate of drug-likeness (QED) is 0.498. The summed E-state index contributed by atoms with van der Waals surface area (Å²) in [4.78, 5) is 0.191. The number of nitrogens with one attached hydrogen (secondary N) is 1. The number of benzene rings is 1. The molecule has 0 saturated heterocycles. The number of sulfone groups is 1. The first-order valence-electron chi connectivity index (χ1n) is 4.88. The molecule has 0 atom stereocenters. The summed E-state index contributed by atoms with van der Waals surface area (Å²) in [6.45, 7) is 1.57. The summed E-state index contributed by atoms with van der Waals surface area (Å²) < 4.78 is 24.0. The molecular formula is C10H12ClN3O2S2. The Morgan fingerprint density at radius 1 is 1.44 bits per heavy atom. The molecule has 3 N–H and O–H groups in total. The molecule has 0 aliphatic rings. The zero-order valence-electron chi connectivity index (χ0n) is 9.55. The van der Waals surface area contributed by atoms with Gasteiger partial charge in [0.2, 0.25) is 0 Å². The van der Waals surface area contributed by atoms with Crippen molar-refractivity contribution in [3.05, 3.63) is 29.3 Å². The van der Waals surface area contributed by atoms with Crippen LogP contribution in [0.1, 0.15) is 6.92 Å². The smallest absolute Gasteiger partial charge is 0.184 e. The maximum absolute atomic E-state index is 12.0. The van der Waals surface area contributed by atoms with Gasteiger partial charge in [0.25, 0.3) is 0 Å². The molecule has 1 aromatic carbocycles. The zero-order chi connectivity index (χ0) is 13.8. The van der Waals surface area contributed by atoms with Gasteiger partial charge in [-0.25, -0.2) is 8.42 Å². The van der Waals surface area contributed by atoms with Crippen LogP contribution in [-0.2, 0) is 9.84 Å². The highest BCUT2D eigenvalue weighted by molar-refractivity contribution is 7.92. The lowest BCUT2D eigenvalue weighted by molar-refractivity contribution is 0.599. The number of hydrazone groups is 1.